The van der Waals surface area contributed by atoms with Crippen molar-refractivity contribution in [3.05, 3.63) is 84.2 Å². The first-order valence-corrected chi connectivity index (χ1v) is 8.74. The van der Waals surface area contributed by atoms with Gasteiger partial charge in [0.25, 0.3) is 0 Å². The van der Waals surface area contributed by atoms with Gasteiger partial charge in [0.05, 0.1) is 5.56 Å². The topological polar surface area (TPSA) is 0 Å². The molecule has 0 fully saturated rings. The van der Waals surface area contributed by atoms with Crippen LogP contribution < -0.4 is 0 Å². The van der Waals surface area contributed by atoms with E-state index in [1.807, 2.05) is 33.8 Å². The second-order valence-electron chi connectivity index (χ2n) is 6.95. The third kappa shape index (κ3) is 7.05. The van der Waals surface area contributed by atoms with Crippen LogP contribution in [0, 0.1) is 17.7 Å². The Hall–Kier alpha value is -2.36. The molecular formula is C23H26F4. The van der Waals surface area contributed by atoms with Crippen molar-refractivity contribution in [1.82, 2.24) is 0 Å². The van der Waals surface area contributed by atoms with Crippen LogP contribution in [0.4, 0.5) is 17.6 Å². The fourth-order valence-electron chi connectivity index (χ4n) is 2.23. The molecule has 0 atom stereocenters. The highest BCUT2D eigenvalue weighted by atomic mass is 19.4. The van der Waals surface area contributed by atoms with E-state index in [0.29, 0.717) is 5.92 Å². The minimum absolute atomic E-state index is 0.200. The molecule has 0 bridgehead atoms. The summed E-state index contributed by atoms with van der Waals surface area (Å²) in [6.45, 7) is 15.7. The molecule has 0 saturated heterocycles. The molecule has 0 aliphatic heterocycles. The SMILES string of the molecule is C=C(c1ccc(C(F)(F)F)cc1)C(C)C.C=C(c1cccc(F)c1)C(C)C. The van der Waals surface area contributed by atoms with Crippen LogP contribution in [0.15, 0.2) is 61.7 Å². The van der Waals surface area contributed by atoms with Gasteiger partial charge < -0.3 is 0 Å². The average Bonchev–Trinajstić information content (AvgIpc) is 2.60. The Morgan fingerprint density at radius 3 is 1.67 bits per heavy atom. The molecule has 0 nitrogen and oxygen atoms in total. The second kappa shape index (κ2) is 9.54. The normalized spacial score (nSPS) is 11.2. The lowest BCUT2D eigenvalue weighted by atomic mass is 9.96. The van der Waals surface area contributed by atoms with Gasteiger partial charge in [0.15, 0.2) is 0 Å². The number of hydrogen-bond donors (Lipinski definition) is 0. The van der Waals surface area contributed by atoms with Crippen LogP contribution in [0.3, 0.4) is 0 Å². The van der Waals surface area contributed by atoms with Gasteiger partial charge in [-0.2, -0.15) is 13.2 Å². The van der Waals surface area contributed by atoms with Crippen molar-refractivity contribution < 1.29 is 17.6 Å². The van der Waals surface area contributed by atoms with Crippen molar-refractivity contribution >= 4 is 11.1 Å². The molecule has 0 aliphatic rings. The Labute approximate surface area is 159 Å². The summed E-state index contributed by atoms with van der Waals surface area (Å²) in [5, 5.41) is 0. The zero-order chi connectivity index (χ0) is 20.8. The van der Waals surface area contributed by atoms with E-state index in [1.165, 1.54) is 24.3 Å². The van der Waals surface area contributed by atoms with Gasteiger partial charge >= 0.3 is 6.18 Å². The van der Waals surface area contributed by atoms with E-state index < -0.39 is 11.7 Å². The summed E-state index contributed by atoms with van der Waals surface area (Å²) in [6.07, 6.45) is -4.27. The maximum Gasteiger partial charge on any atom is 0.416 e. The predicted molar refractivity (Wildman–Crippen MR) is 106 cm³/mol. The Balaban J connectivity index is 0.000000277. The summed E-state index contributed by atoms with van der Waals surface area (Å²) in [7, 11) is 0. The quantitative estimate of drug-likeness (QED) is 0.475. The molecule has 0 radical (unpaired) electrons. The van der Waals surface area contributed by atoms with Crippen LogP contribution in [0.5, 0.6) is 0 Å². The second-order valence-corrected chi connectivity index (χ2v) is 6.95. The van der Waals surface area contributed by atoms with Crippen molar-refractivity contribution in [1.29, 1.82) is 0 Å². The molecule has 146 valence electrons. The smallest absolute Gasteiger partial charge is 0.207 e. The van der Waals surface area contributed by atoms with E-state index in [9.17, 15) is 17.6 Å². The Morgan fingerprint density at radius 1 is 0.778 bits per heavy atom. The van der Waals surface area contributed by atoms with Gasteiger partial charge in [0, 0.05) is 0 Å². The molecule has 0 aliphatic carbocycles. The Bertz CT molecular complexity index is 766. The van der Waals surface area contributed by atoms with Crippen LogP contribution in [0.25, 0.3) is 11.1 Å². The molecule has 0 saturated carbocycles. The first kappa shape index (κ1) is 22.7. The molecule has 0 N–H and O–H groups in total. The Morgan fingerprint density at radius 2 is 1.26 bits per heavy atom. The lowest BCUT2D eigenvalue weighted by Crippen LogP contribution is -2.04. The lowest BCUT2D eigenvalue weighted by Gasteiger charge is -2.11. The Kier molecular flexibility index (Phi) is 8.01. The van der Waals surface area contributed by atoms with E-state index in [2.05, 4.69) is 13.2 Å². The summed E-state index contributed by atoms with van der Waals surface area (Å²) in [5.41, 5.74) is 2.86. The summed E-state index contributed by atoms with van der Waals surface area (Å²) >= 11 is 0. The monoisotopic (exact) mass is 378 g/mol. The van der Waals surface area contributed by atoms with Crippen LogP contribution in [-0.4, -0.2) is 0 Å². The number of alkyl halides is 3. The zero-order valence-corrected chi connectivity index (χ0v) is 16.2. The molecule has 2 aromatic carbocycles. The van der Waals surface area contributed by atoms with Gasteiger partial charge in [0.1, 0.15) is 5.82 Å². The van der Waals surface area contributed by atoms with Crippen LogP contribution >= 0.6 is 0 Å². The number of allylic oxidation sites excluding steroid dienone is 2. The molecule has 27 heavy (non-hydrogen) atoms. The number of rotatable bonds is 4. The van der Waals surface area contributed by atoms with E-state index in [-0.39, 0.29) is 11.7 Å². The predicted octanol–water partition coefficient (Wildman–Crippen LogP) is 7.87. The number of hydrogen-bond acceptors (Lipinski definition) is 0. The molecule has 2 rings (SSSR count). The molecular weight excluding hydrogens is 352 g/mol. The highest BCUT2D eigenvalue weighted by Crippen LogP contribution is 2.30. The minimum Gasteiger partial charge on any atom is -0.207 e. The van der Waals surface area contributed by atoms with Crippen LogP contribution in [0.1, 0.15) is 44.4 Å². The fraction of sp³-hybridized carbons (Fsp3) is 0.304. The minimum atomic E-state index is -4.27. The van der Waals surface area contributed by atoms with Gasteiger partial charge in [-0.25, -0.2) is 4.39 Å². The van der Waals surface area contributed by atoms with Crippen molar-refractivity contribution in [3.63, 3.8) is 0 Å². The average molecular weight is 378 g/mol. The standard InChI is InChI=1S/C12H13F3.C11H13F/c1-8(2)9(3)10-4-6-11(7-5-10)12(13,14)15;1-8(2)9(3)10-5-4-6-11(12)7-10/h4-8H,3H2,1-2H3;4-8H,3H2,1-2H3. The van der Waals surface area contributed by atoms with Gasteiger partial charge in [-0.05, 0) is 58.4 Å². The van der Waals surface area contributed by atoms with Gasteiger partial charge in [-0.15, -0.1) is 0 Å². The van der Waals surface area contributed by atoms with Crippen molar-refractivity contribution in [3.8, 4) is 0 Å². The fourth-order valence-corrected chi connectivity index (χ4v) is 2.23. The third-order valence-corrected chi connectivity index (χ3v) is 4.17. The summed E-state index contributed by atoms with van der Waals surface area (Å²) < 4.78 is 49.5. The lowest BCUT2D eigenvalue weighted by molar-refractivity contribution is -0.137. The van der Waals surface area contributed by atoms with E-state index in [1.54, 1.807) is 6.07 Å². The van der Waals surface area contributed by atoms with Crippen LogP contribution in [0.2, 0.25) is 0 Å². The van der Waals surface area contributed by atoms with E-state index in [0.717, 1.165) is 34.4 Å². The van der Waals surface area contributed by atoms with E-state index in [4.69, 9.17) is 0 Å². The van der Waals surface area contributed by atoms with E-state index >= 15 is 0 Å². The third-order valence-electron chi connectivity index (χ3n) is 4.17. The molecule has 4 heteroatoms. The molecule has 0 aromatic heterocycles. The molecule has 0 heterocycles. The molecule has 0 amide bonds. The van der Waals surface area contributed by atoms with Crippen molar-refractivity contribution in [2.45, 2.75) is 33.9 Å². The highest BCUT2D eigenvalue weighted by Gasteiger charge is 2.30. The van der Waals surface area contributed by atoms with Gasteiger partial charge in [-0.3, -0.25) is 0 Å². The summed E-state index contributed by atoms with van der Waals surface area (Å²) in [4.78, 5) is 0. The van der Waals surface area contributed by atoms with Crippen molar-refractivity contribution in [2.24, 2.45) is 11.8 Å². The highest BCUT2D eigenvalue weighted by molar-refractivity contribution is 5.65. The summed E-state index contributed by atoms with van der Waals surface area (Å²) in [5.74, 6) is 0.405. The largest absolute Gasteiger partial charge is 0.416 e. The first-order chi connectivity index (χ1) is 12.4. The van der Waals surface area contributed by atoms with Gasteiger partial charge in [-0.1, -0.05) is 65.1 Å². The molecule has 0 spiro atoms. The maximum atomic E-state index is 12.7. The van der Waals surface area contributed by atoms with Crippen LogP contribution in [-0.2, 0) is 6.18 Å². The number of benzene rings is 2. The maximum absolute atomic E-state index is 12.7. The molecule has 2 aromatic rings. The molecule has 0 unspecified atom stereocenters. The zero-order valence-electron chi connectivity index (χ0n) is 16.2. The number of halogens is 4. The van der Waals surface area contributed by atoms with Gasteiger partial charge in [0.2, 0.25) is 0 Å². The van der Waals surface area contributed by atoms with Crippen molar-refractivity contribution in [2.75, 3.05) is 0 Å². The first-order valence-electron chi connectivity index (χ1n) is 8.74. The summed E-state index contributed by atoms with van der Waals surface area (Å²) in [6, 6.07) is 11.6.